The fourth-order valence-electron chi connectivity index (χ4n) is 4.40. The maximum atomic E-state index is 2.64. The zero-order valence-electron chi connectivity index (χ0n) is 13.7. The lowest BCUT2D eigenvalue weighted by Crippen LogP contribution is -2.43. The Balaban J connectivity index is 1.91. The van der Waals surface area contributed by atoms with Crippen molar-refractivity contribution in [2.75, 3.05) is 11.9 Å². The number of hydrogen-bond donors (Lipinski definition) is 0. The molecule has 2 aromatic carbocycles. The minimum absolute atomic E-state index is 0.408. The molecule has 114 valence electrons. The van der Waals surface area contributed by atoms with Crippen LogP contribution in [-0.4, -0.2) is 18.1 Å². The van der Waals surface area contributed by atoms with Gasteiger partial charge in [0.05, 0.1) is 12.2 Å². The van der Waals surface area contributed by atoms with Gasteiger partial charge in [0.1, 0.15) is 0 Å². The van der Waals surface area contributed by atoms with Crippen LogP contribution in [-0.2, 0) is 0 Å². The van der Waals surface area contributed by atoms with Crippen LogP contribution in [0.15, 0.2) is 48.5 Å². The van der Waals surface area contributed by atoms with Crippen LogP contribution in [0.4, 0.5) is 5.69 Å². The van der Waals surface area contributed by atoms with Crippen LogP contribution < -0.4 is 4.90 Å². The Bertz CT molecular complexity index is 694. The molecule has 3 atom stereocenters. The van der Waals surface area contributed by atoms with Gasteiger partial charge in [0.15, 0.2) is 0 Å². The minimum atomic E-state index is 0.408. The lowest BCUT2D eigenvalue weighted by Gasteiger charge is -2.39. The number of benzene rings is 2. The van der Waals surface area contributed by atoms with Crippen LogP contribution in [0, 0.1) is 6.92 Å². The summed E-state index contributed by atoms with van der Waals surface area (Å²) in [6.45, 7) is 4.58. The van der Waals surface area contributed by atoms with E-state index in [9.17, 15) is 0 Å². The normalized spacial score (nSPS) is 27.6. The summed E-state index contributed by atoms with van der Waals surface area (Å²) >= 11 is 0. The van der Waals surface area contributed by atoms with Gasteiger partial charge in [0.2, 0.25) is 0 Å². The first-order valence-corrected chi connectivity index (χ1v) is 8.33. The maximum Gasteiger partial charge on any atom is 0.0801 e. The van der Waals surface area contributed by atoms with Crippen molar-refractivity contribution in [1.29, 1.82) is 0 Å². The van der Waals surface area contributed by atoms with Crippen molar-refractivity contribution in [1.82, 2.24) is 4.90 Å². The molecule has 0 aromatic heterocycles. The van der Waals surface area contributed by atoms with Crippen molar-refractivity contribution in [3.8, 4) is 0 Å². The number of anilines is 1. The SMILES string of the molecule is Cc1ccccc1N1C2CCC(c3ccccc32)N(C)[C@@H]1C. The second kappa shape index (κ2) is 5.13. The number of nitrogens with zero attached hydrogens (tertiary/aromatic N) is 2. The average Bonchev–Trinajstić information content (AvgIpc) is 2.72. The first kappa shape index (κ1) is 13.8. The van der Waals surface area contributed by atoms with Crippen molar-refractivity contribution >= 4 is 5.69 Å². The van der Waals surface area contributed by atoms with Gasteiger partial charge in [0.25, 0.3) is 0 Å². The molecule has 0 amide bonds. The summed E-state index contributed by atoms with van der Waals surface area (Å²) in [4.78, 5) is 5.19. The van der Waals surface area contributed by atoms with Gasteiger partial charge in [-0.3, -0.25) is 4.90 Å². The van der Waals surface area contributed by atoms with Gasteiger partial charge >= 0.3 is 0 Å². The standard InChI is InChI=1S/C20H24N2/c1-14-8-4-7-11-18(14)22-15(2)21(3)19-12-13-20(22)17-10-6-5-9-16(17)19/h4-11,15,19-20H,12-13H2,1-3H3/t15-,19?,20?/m0/s1. The molecule has 5 rings (SSSR count). The zero-order valence-corrected chi connectivity index (χ0v) is 13.7. The highest BCUT2D eigenvalue weighted by atomic mass is 15.4. The zero-order chi connectivity index (χ0) is 15.3. The molecule has 2 bridgehead atoms. The van der Waals surface area contributed by atoms with Crippen LogP contribution in [0.3, 0.4) is 0 Å². The topological polar surface area (TPSA) is 6.48 Å². The molecule has 0 N–H and O–H groups in total. The molecular weight excluding hydrogens is 268 g/mol. The summed E-state index contributed by atoms with van der Waals surface area (Å²) in [5.41, 5.74) is 5.80. The lowest BCUT2D eigenvalue weighted by molar-refractivity contribution is 0.191. The number of hydrogen-bond acceptors (Lipinski definition) is 2. The fourth-order valence-corrected chi connectivity index (χ4v) is 4.40. The molecule has 1 fully saturated rings. The summed E-state index contributed by atoms with van der Waals surface area (Å²) in [7, 11) is 2.28. The van der Waals surface area contributed by atoms with E-state index in [1.807, 2.05) is 0 Å². The highest BCUT2D eigenvalue weighted by molar-refractivity contribution is 5.57. The molecule has 2 aromatic rings. The molecule has 3 aliphatic rings. The quantitative estimate of drug-likeness (QED) is 0.753. The second-order valence-electron chi connectivity index (χ2n) is 6.73. The third kappa shape index (κ3) is 1.90. The Morgan fingerprint density at radius 2 is 1.45 bits per heavy atom. The van der Waals surface area contributed by atoms with Crippen molar-refractivity contribution in [3.63, 3.8) is 0 Å². The van der Waals surface area contributed by atoms with E-state index in [1.54, 1.807) is 0 Å². The average molecular weight is 292 g/mol. The van der Waals surface area contributed by atoms with Crippen LogP contribution >= 0.6 is 0 Å². The first-order chi connectivity index (χ1) is 10.7. The van der Waals surface area contributed by atoms with Crippen LogP contribution in [0.25, 0.3) is 0 Å². The molecule has 0 saturated carbocycles. The van der Waals surface area contributed by atoms with Crippen molar-refractivity contribution in [2.45, 2.75) is 44.9 Å². The molecule has 0 spiro atoms. The molecule has 22 heavy (non-hydrogen) atoms. The van der Waals surface area contributed by atoms with Crippen molar-refractivity contribution < 1.29 is 0 Å². The van der Waals surface area contributed by atoms with E-state index >= 15 is 0 Å². The van der Waals surface area contributed by atoms with E-state index in [4.69, 9.17) is 0 Å². The van der Waals surface area contributed by atoms with Crippen LogP contribution in [0.5, 0.6) is 0 Å². The fraction of sp³-hybridized carbons (Fsp3) is 0.400. The summed E-state index contributed by atoms with van der Waals surface area (Å²) in [6, 6.07) is 18.9. The summed E-state index contributed by atoms with van der Waals surface area (Å²) < 4.78 is 0. The number of rotatable bonds is 1. The molecule has 2 heteroatoms. The second-order valence-corrected chi connectivity index (χ2v) is 6.73. The minimum Gasteiger partial charge on any atom is -0.349 e. The Kier molecular flexibility index (Phi) is 3.23. The summed E-state index contributed by atoms with van der Waals surface area (Å²) in [5, 5.41) is 0. The molecule has 2 heterocycles. The summed E-state index contributed by atoms with van der Waals surface area (Å²) in [6.07, 6.45) is 2.90. The van der Waals surface area contributed by atoms with Crippen LogP contribution in [0.2, 0.25) is 0 Å². The van der Waals surface area contributed by atoms with E-state index in [2.05, 4.69) is 79.2 Å². The molecule has 0 radical (unpaired) electrons. The maximum absolute atomic E-state index is 2.64. The van der Waals surface area contributed by atoms with Gasteiger partial charge in [-0.2, -0.15) is 0 Å². The van der Waals surface area contributed by atoms with Crippen molar-refractivity contribution in [2.24, 2.45) is 0 Å². The third-order valence-electron chi connectivity index (χ3n) is 5.64. The smallest absolute Gasteiger partial charge is 0.0801 e. The van der Waals surface area contributed by atoms with E-state index in [0.29, 0.717) is 18.2 Å². The molecule has 1 saturated heterocycles. The predicted molar refractivity (Wildman–Crippen MR) is 92.0 cm³/mol. The lowest BCUT2D eigenvalue weighted by atomic mass is 9.84. The van der Waals surface area contributed by atoms with Crippen LogP contribution in [0.1, 0.15) is 48.5 Å². The van der Waals surface area contributed by atoms with Gasteiger partial charge in [-0.15, -0.1) is 0 Å². The van der Waals surface area contributed by atoms with Gasteiger partial charge in [-0.05, 0) is 56.5 Å². The van der Waals surface area contributed by atoms with Gasteiger partial charge in [-0.1, -0.05) is 42.5 Å². The van der Waals surface area contributed by atoms with E-state index in [0.717, 1.165) is 0 Å². The van der Waals surface area contributed by atoms with E-state index in [1.165, 1.54) is 35.2 Å². The molecule has 2 nitrogen and oxygen atoms in total. The predicted octanol–water partition coefficient (Wildman–Crippen LogP) is 4.67. The molecule has 1 aliphatic carbocycles. The molecule has 2 unspecified atom stereocenters. The molecular formula is C20H24N2. The Hall–Kier alpha value is -1.80. The monoisotopic (exact) mass is 292 g/mol. The highest BCUT2D eigenvalue weighted by Gasteiger charge is 2.41. The first-order valence-electron chi connectivity index (χ1n) is 8.33. The van der Waals surface area contributed by atoms with Crippen molar-refractivity contribution in [3.05, 3.63) is 65.2 Å². The largest absolute Gasteiger partial charge is 0.349 e. The Morgan fingerprint density at radius 1 is 0.864 bits per heavy atom. The third-order valence-corrected chi connectivity index (χ3v) is 5.64. The van der Waals surface area contributed by atoms with Gasteiger partial charge < -0.3 is 4.90 Å². The Labute approximate surface area is 133 Å². The summed E-state index contributed by atoms with van der Waals surface area (Å²) in [5.74, 6) is 0. The number of para-hydroxylation sites is 1. The molecule has 2 aliphatic heterocycles. The number of aryl methyl sites for hydroxylation is 1. The van der Waals surface area contributed by atoms with Gasteiger partial charge in [-0.25, -0.2) is 0 Å². The van der Waals surface area contributed by atoms with E-state index < -0.39 is 0 Å². The highest BCUT2D eigenvalue weighted by Crippen LogP contribution is 2.48. The number of fused-ring (bicyclic) bond motifs is 3. The van der Waals surface area contributed by atoms with E-state index in [-0.39, 0.29) is 0 Å². The Morgan fingerprint density at radius 3 is 2.18 bits per heavy atom. The van der Waals surface area contributed by atoms with Gasteiger partial charge in [0, 0.05) is 11.7 Å².